The number of hydrogen-bond donors (Lipinski definition) is 0. The monoisotopic (exact) mass is 291 g/mol. The predicted molar refractivity (Wildman–Crippen MR) is 75.3 cm³/mol. The van der Waals surface area contributed by atoms with Crippen molar-refractivity contribution in [2.45, 2.75) is 52.0 Å². The van der Waals surface area contributed by atoms with Crippen molar-refractivity contribution < 1.29 is 12.3 Å². The van der Waals surface area contributed by atoms with Crippen LogP contribution in [0.4, 0.5) is 0 Å². The molecule has 2 aliphatic heterocycles. The van der Waals surface area contributed by atoms with E-state index in [-0.39, 0.29) is 0 Å². The number of nitrogens with zero attached hydrogens (tertiary/aromatic N) is 1. The average molecular weight is 292 g/mol. The molecule has 0 saturated carbocycles. The van der Waals surface area contributed by atoms with E-state index in [0.29, 0.717) is 0 Å². The van der Waals surface area contributed by atoms with Crippen molar-refractivity contribution in [2.24, 2.45) is 0 Å². The Labute approximate surface area is 108 Å². The molecule has 4 nitrogen and oxygen atoms in total. The van der Waals surface area contributed by atoms with Crippen molar-refractivity contribution in [3.05, 3.63) is 0 Å². The van der Waals surface area contributed by atoms with Crippen LogP contribution in [0.15, 0.2) is 0 Å². The van der Waals surface area contributed by atoms with Crippen molar-refractivity contribution in [2.75, 3.05) is 13.1 Å². The first-order valence-electron chi connectivity index (χ1n) is 6.58. The van der Waals surface area contributed by atoms with Gasteiger partial charge in [0.15, 0.2) is 0 Å². The van der Waals surface area contributed by atoms with E-state index in [1.165, 1.54) is 19.3 Å². The smallest absolute Gasteiger partial charge is 0.406 e. The summed E-state index contributed by atoms with van der Waals surface area (Å²) < 4.78 is 21.2. The molecular weight excluding hydrogens is 266 g/mol. The van der Waals surface area contributed by atoms with Crippen LogP contribution < -0.4 is 0 Å². The average Bonchev–Trinajstić information content (AvgIpc) is 2.13. The van der Waals surface area contributed by atoms with Crippen molar-refractivity contribution in [3.63, 3.8) is 0 Å². The highest BCUT2D eigenvalue weighted by Gasteiger charge is 2.56. The third kappa shape index (κ3) is 3.28. The van der Waals surface area contributed by atoms with Crippen LogP contribution in [0.5, 0.6) is 0 Å². The largest absolute Gasteiger partial charge is 0.416 e. The Bertz CT molecular complexity index is 277. The lowest BCUT2D eigenvalue weighted by Crippen LogP contribution is -2.72. The van der Waals surface area contributed by atoms with Gasteiger partial charge in [-0.3, -0.25) is 4.57 Å². The summed E-state index contributed by atoms with van der Waals surface area (Å²) in [7, 11) is -6.15. The second-order valence-electron chi connectivity index (χ2n) is 6.05. The number of piperidine rings is 1. The standard InChI is InChI=1S/C10H25NO3Si3/c1-15(2)12-16(3,4)14-17(5,13-15)11-9-7-6-8-10-11/h6-10H2,1-5H3. The highest BCUT2D eigenvalue weighted by atomic mass is 28.5. The van der Waals surface area contributed by atoms with Crippen molar-refractivity contribution in [1.29, 1.82) is 0 Å². The molecule has 0 bridgehead atoms. The second kappa shape index (κ2) is 4.55. The third-order valence-electron chi connectivity index (χ3n) is 3.29. The van der Waals surface area contributed by atoms with Crippen LogP contribution in [-0.2, 0) is 12.3 Å². The van der Waals surface area contributed by atoms with E-state index in [1.807, 2.05) is 0 Å². The molecule has 0 atom stereocenters. The van der Waals surface area contributed by atoms with E-state index in [2.05, 4.69) is 37.3 Å². The summed E-state index contributed by atoms with van der Waals surface area (Å²) in [5.74, 6) is 0. The molecule has 0 unspecified atom stereocenters. The zero-order valence-electron chi connectivity index (χ0n) is 11.7. The molecule has 100 valence electrons. The molecule has 2 heterocycles. The summed E-state index contributed by atoms with van der Waals surface area (Å²) in [6.07, 6.45) is 3.90. The van der Waals surface area contributed by atoms with E-state index in [1.54, 1.807) is 0 Å². The lowest BCUT2D eigenvalue weighted by Gasteiger charge is -2.52. The molecule has 2 rings (SSSR count). The van der Waals surface area contributed by atoms with Gasteiger partial charge in [0, 0.05) is 0 Å². The van der Waals surface area contributed by atoms with Gasteiger partial charge in [-0.25, -0.2) is 0 Å². The van der Waals surface area contributed by atoms with Gasteiger partial charge in [0.05, 0.1) is 0 Å². The molecule has 2 aliphatic rings. The molecule has 0 aromatic heterocycles. The van der Waals surface area contributed by atoms with E-state index in [0.717, 1.165) is 13.1 Å². The summed E-state index contributed by atoms with van der Waals surface area (Å²) in [4.78, 5) is 0. The maximum absolute atomic E-state index is 6.33. The summed E-state index contributed by atoms with van der Waals surface area (Å²) in [5.41, 5.74) is 0. The van der Waals surface area contributed by atoms with E-state index in [9.17, 15) is 0 Å². The summed E-state index contributed by atoms with van der Waals surface area (Å²) in [6, 6.07) is 0. The molecule has 2 fully saturated rings. The summed E-state index contributed by atoms with van der Waals surface area (Å²) >= 11 is 0. The quantitative estimate of drug-likeness (QED) is 0.695. The highest BCUT2D eigenvalue weighted by Crippen LogP contribution is 2.33. The minimum Gasteiger partial charge on any atom is -0.416 e. The van der Waals surface area contributed by atoms with Crippen LogP contribution in [0.3, 0.4) is 0 Å². The molecule has 0 aromatic rings. The molecule has 0 aromatic carbocycles. The molecule has 0 aliphatic carbocycles. The fraction of sp³-hybridized carbons (Fsp3) is 1.00. The van der Waals surface area contributed by atoms with Gasteiger partial charge in [-0.15, -0.1) is 0 Å². The maximum Gasteiger partial charge on any atom is 0.406 e. The molecule has 0 N–H and O–H groups in total. The first-order valence-corrected chi connectivity index (χ1v) is 14.5. The number of hydrogen-bond acceptors (Lipinski definition) is 4. The fourth-order valence-corrected chi connectivity index (χ4v) is 18.8. The lowest BCUT2D eigenvalue weighted by atomic mass is 10.2. The van der Waals surface area contributed by atoms with Gasteiger partial charge < -0.3 is 12.3 Å². The molecular formula is C10H25NO3Si3. The van der Waals surface area contributed by atoms with Gasteiger partial charge in [0.1, 0.15) is 0 Å². The number of rotatable bonds is 1. The Morgan fingerprint density at radius 1 is 0.706 bits per heavy atom. The van der Waals surface area contributed by atoms with E-state index >= 15 is 0 Å². The predicted octanol–water partition coefficient (Wildman–Crippen LogP) is 2.51. The zero-order chi connectivity index (χ0) is 12.7. The van der Waals surface area contributed by atoms with Gasteiger partial charge >= 0.3 is 25.8 Å². The Morgan fingerprint density at radius 2 is 1.18 bits per heavy atom. The van der Waals surface area contributed by atoms with Crippen molar-refractivity contribution in [1.82, 2.24) is 4.57 Å². The lowest BCUT2D eigenvalue weighted by molar-refractivity contribution is 0.161. The van der Waals surface area contributed by atoms with Gasteiger partial charge in [-0.1, -0.05) is 6.42 Å². The molecule has 0 spiro atoms. The Balaban J connectivity index is 2.17. The first-order chi connectivity index (χ1) is 7.73. The normalized spacial score (nSPS) is 32.3. The minimum atomic E-state index is -2.17. The second-order valence-corrected chi connectivity index (χ2v) is 16.5. The Kier molecular flexibility index (Phi) is 3.72. The van der Waals surface area contributed by atoms with Crippen LogP contribution in [0.1, 0.15) is 19.3 Å². The minimum absolute atomic E-state index is 1.14. The topological polar surface area (TPSA) is 30.9 Å². The summed E-state index contributed by atoms with van der Waals surface area (Å²) in [6.45, 7) is 13.1. The van der Waals surface area contributed by atoms with Gasteiger partial charge in [0.25, 0.3) is 0 Å². The van der Waals surface area contributed by atoms with E-state index in [4.69, 9.17) is 12.3 Å². The fourth-order valence-electron chi connectivity index (χ4n) is 3.00. The van der Waals surface area contributed by atoms with Crippen molar-refractivity contribution >= 4 is 25.8 Å². The van der Waals surface area contributed by atoms with Gasteiger partial charge in [-0.05, 0) is 58.7 Å². The van der Waals surface area contributed by atoms with Crippen LogP contribution >= 0.6 is 0 Å². The van der Waals surface area contributed by atoms with Crippen LogP contribution in [0.2, 0.25) is 32.7 Å². The van der Waals surface area contributed by atoms with E-state index < -0.39 is 25.8 Å². The summed E-state index contributed by atoms with van der Waals surface area (Å²) in [5, 5.41) is 0. The SMILES string of the molecule is C[Si]1(C)O[Si](C)(C)O[Si](C)(N2CCCCC2)O1. The Morgan fingerprint density at radius 3 is 1.65 bits per heavy atom. The Hall–Kier alpha value is 0.491. The maximum atomic E-state index is 6.33. The molecule has 7 heteroatoms. The molecule has 2 saturated heterocycles. The first kappa shape index (κ1) is 13.9. The zero-order valence-corrected chi connectivity index (χ0v) is 14.7. The molecule has 17 heavy (non-hydrogen) atoms. The third-order valence-corrected chi connectivity index (χ3v) is 15.8. The highest BCUT2D eigenvalue weighted by molar-refractivity contribution is 6.91. The van der Waals surface area contributed by atoms with Gasteiger partial charge in [0.2, 0.25) is 0 Å². The van der Waals surface area contributed by atoms with Crippen LogP contribution in [0, 0.1) is 0 Å². The van der Waals surface area contributed by atoms with Crippen molar-refractivity contribution in [3.8, 4) is 0 Å². The van der Waals surface area contributed by atoms with Gasteiger partial charge in [-0.2, -0.15) is 0 Å². The van der Waals surface area contributed by atoms with Crippen LogP contribution in [-0.4, -0.2) is 43.5 Å². The molecule has 0 amide bonds. The van der Waals surface area contributed by atoms with Crippen LogP contribution in [0.25, 0.3) is 0 Å². The molecule has 0 radical (unpaired) electrons.